The summed E-state index contributed by atoms with van der Waals surface area (Å²) in [7, 11) is 0. The molecule has 0 aliphatic carbocycles. The van der Waals surface area contributed by atoms with E-state index in [1.165, 1.54) is 23.8 Å². The Balaban J connectivity index is 0.00000118. The quantitative estimate of drug-likeness (QED) is 0.196. The van der Waals surface area contributed by atoms with Gasteiger partial charge < -0.3 is 23.1 Å². The summed E-state index contributed by atoms with van der Waals surface area (Å²) < 4.78 is 16.1. The highest BCUT2D eigenvalue weighted by Crippen LogP contribution is 2.26. The Morgan fingerprint density at radius 1 is 1.16 bits per heavy atom. The molecule has 0 bridgehead atoms. The Kier molecular flexibility index (Phi) is 9.35. The van der Waals surface area contributed by atoms with E-state index < -0.39 is 0 Å². The van der Waals surface area contributed by atoms with Crippen LogP contribution in [0.3, 0.4) is 0 Å². The highest BCUT2D eigenvalue weighted by molar-refractivity contribution is 6.30. The lowest BCUT2D eigenvalue weighted by Crippen LogP contribution is -2.39. The van der Waals surface area contributed by atoms with Crippen LogP contribution in [-0.4, -0.2) is 48.4 Å². The Morgan fingerprint density at radius 2 is 1.98 bits per heavy atom. The molecule has 1 aliphatic heterocycles. The summed E-state index contributed by atoms with van der Waals surface area (Å²) in [5.41, 5.74) is 6.17. The average molecular weight is 598 g/mol. The molecule has 4 heterocycles. The number of hydrogen-bond donors (Lipinski definition) is 0. The number of nitrogens with zero attached hydrogens (tertiary/aromatic N) is 7. The number of nitriles is 1. The first kappa shape index (κ1) is 29.8. The van der Waals surface area contributed by atoms with Gasteiger partial charge in [-0.3, -0.25) is 4.90 Å². The maximum atomic E-state index is 9.28. The van der Waals surface area contributed by atoms with Gasteiger partial charge in [0.05, 0.1) is 47.9 Å². The summed E-state index contributed by atoms with van der Waals surface area (Å²) in [5.74, 6) is 2.61. The number of aldehydes is 1. The zero-order valence-electron chi connectivity index (χ0n) is 24.3. The third-order valence-corrected chi connectivity index (χ3v) is 7.23. The molecule has 0 radical (unpaired) electrons. The van der Waals surface area contributed by atoms with Crippen LogP contribution in [0.4, 0.5) is 0 Å². The Bertz CT molecular complexity index is 1800. The van der Waals surface area contributed by atoms with Crippen LogP contribution in [-0.2, 0) is 31.0 Å². The van der Waals surface area contributed by atoms with E-state index in [2.05, 4.69) is 62.1 Å². The number of carbonyl (C=O) groups is 1. The van der Waals surface area contributed by atoms with Gasteiger partial charge in [-0.15, -0.1) is 0 Å². The van der Waals surface area contributed by atoms with Crippen molar-refractivity contribution in [3.8, 4) is 11.8 Å². The first-order valence-electron chi connectivity index (χ1n) is 13.9. The first-order valence-corrected chi connectivity index (χ1v) is 14.3. The lowest BCUT2D eigenvalue weighted by molar-refractivity contribution is -0.106. The monoisotopic (exact) mass is 597 g/mol. The number of likely N-dealkylation sites (tertiary alicyclic amines) is 1. The molecule has 1 fully saturated rings. The summed E-state index contributed by atoms with van der Waals surface area (Å²) in [5, 5.41) is 9.77. The largest absolute Gasteiger partial charge is 0.482 e. The first-order chi connectivity index (χ1) is 20.9. The highest BCUT2D eigenvalue weighted by atomic mass is 35.5. The normalized spacial score (nSPS) is 12.8. The number of aromatic nitrogens is 5. The van der Waals surface area contributed by atoms with E-state index in [-0.39, 0.29) is 6.61 Å². The summed E-state index contributed by atoms with van der Waals surface area (Å²) >= 11 is 5.96. The molecule has 10 nitrogen and oxygen atoms in total. The molecule has 1 aliphatic rings. The molecule has 0 saturated carbocycles. The number of oxazole rings is 1. The molecule has 3 aromatic heterocycles. The van der Waals surface area contributed by atoms with Crippen molar-refractivity contribution < 1.29 is 13.9 Å². The molecule has 220 valence electrons. The van der Waals surface area contributed by atoms with Crippen LogP contribution in [0.2, 0.25) is 5.02 Å². The molecule has 0 atom stereocenters. The van der Waals surface area contributed by atoms with E-state index in [1.807, 2.05) is 18.6 Å². The van der Waals surface area contributed by atoms with Crippen LogP contribution in [0, 0.1) is 18.3 Å². The van der Waals surface area contributed by atoms with Crippen molar-refractivity contribution in [2.45, 2.75) is 47.0 Å². The lowest BCUT2D eigenvalue weighted by Gasteiger charge is -2.33. The predicted octanol–water partition coefficient (Wildman–Crippen LogP) is 5.81. The standard InChI is InChI=1S/C30H28ClN7O2.C2H4O/c1-3-37-19-33-12-24(37)16-38-27-8-20(2)4-6-26(27)35-29(38)17-36-14-21(15-36)9-25-13-34-30(40-25)18-39-28-7-5-23(31)10-22(28)11-32;1-2-3/h4-10,12-13,19H,3,14-18H2,1-2H3;2H,1H3. The molecule has 2 aromatic carbocycles. The third kappa shape index (κ3) is 7.02. The second kappa shape index (κ2) is 13.5. The number of ether oxygens (including phenoxy) is 1. The predicted molar refractivity (Wildman–Crippen MR) is 163 cm³/mol. The van der Waals surface area contributed by atoms with Gasteiger partial charge >= 0.3 is 0 Å². The fraction of sp³-hybridized carbons (Fsp3) is 0.281. The minimum absolute atomic E-state index is 0.123. The number of halogens is 1. The van der Waals surface area contributed by atoms with Crippen LogP contribution in [0.25, 0.3) is 17.1 Å². The van der Waals surface area contributed by atoms with Gasteiger partial charge in [0.2, 0.25) is 5.89 Å². The number of rotatable bonds is 9. The Morgan fingerprint density at radius 3 is 2.74 bits per heavy atom. The number of imidazole rings is 2. The molecule has 6 rings (SSSR count). The van der Waals surface area contributed by atoms with Gasteiger partial charge in [-0.2, -0.15) is 5.26 Å². The zero-order valence-corrected chi connectivity index (χ0v) is 25.1. The smallest absolute Gasteiger partial charge is 0.232 e. The summed E-state index contributed by atoms with van der Waals surface area (Å²) in [6, 6.07) is 13.4. The third-order valence-electron chi connectivity index (χ3n) is 6.99. The fourth-order valence-corrected chi connectivity index (χ4v) is 5.12. The molecule has 0 N–H and O–H groups in total. The molecule has 0 spiro atoms. The van der Waals surface area contributed by atoms with Crippen LogP contribution < -0.4 is 4.74 Å². The second-order valence-corrected chi connectivity index (χ2v) is 10.6. The number of carbonyl (C=O) groups excluding carboxylic acids is 1. The van der Waals surface area contributed by atoms with Crippen LogP contribution >= 0.6 is 11.6 Å². The van der Waals surface area contributed by atoms with Gasteiger partial charge in [0.25, 0.3) is 0 Å². The SMILES string of the molecule is CC=O.CCn1cncc1Cn1c(CN2CC(=Cc3cnc(COc4ccc(Cl)cc4C#N)o3)C2)nc2ccc(C)cc21. The van der Waals surface area contributed by atoms with Crippen molar-refractivity contribution >= 4 is 35.0 Å². The summed E-state index contributed by atoms with van der Waals surface area (Å²) in [4.78, 5) is 24.8. The van der Waals surface area contributed by atoms with E-state index in [1.54, 1.807) is 24.4 Å². The van der Waals surface area contributed by atoms with E-state index in [9.17, 15) is 5.26 Å². The van der Waals surface area contributed by atoms with E-state index >= 15 is 0 Å². The van der Waals surface area contributed by atoms with Gasteiger partial charge in [-0.05, 0) is 68.3 Å². The van der Waals surface area contributed by atoms with Gasteiger partial charge in [0.1, 0.15) is 29.7 Å². The van der Waals surface area contributed by atoms with Gasteiger partial charge in [0, 0.05) is 30.9 Å². The van der Waals surface area contributed by atoms with Gasteiger partial charge in [-0.25, -0.2) is 15.0 Å². The molecule has 11 heteroatoms. The van der Waals surface area contributed by atoms with Crippen molar-refractivity contribution in [1.29, 1.82) is 5.26 Å². The number of benzene rings is 2. The minimum atomic E-state index is 0.123. The van der Waals surface area contributed by atoms with Crippen molar-refractivity contribution in [3.05, 3.63) is 100 Å². The van der Waals surface area contributed by atoms with Crippen molar-refractivity contribution in [1.82, 2.24) is 29.0 Å². The Labute approximate surface area is 254 Å². The van der Waals surface area contributed by atoms with Crippen molar-refractivity contribution in [3.63, 3.8) is 0 Å². The molecule has 5 aromatic rings. The van der Waals surface area contributed by atoms with Crippen molar-refractivity contribution in [2.75, 3.05) is 13.1 Å². The van der Waals surface area contributed by atoms with Crippen molar-refractivity contribution in [2.24, 2.45) is 0 Å². The topological polar surface area (TPSA) is 115 Å². The molecule has 43 heavy (non-hydrogen) atoms. The average Bonchev–Trinajstić information content (AvgIpc) is 3.71. The van der Waals surface area contributed by atoms with Gasteiger partial charge in [0.15, 0.2) is 6.61 Å². The highest BCUT2D eigenvalue weighted by Gasteiger charge is 2.24. The maximum absolute atomic E-state index is 9.28. The molecule has 0 amide bonds. The molecule has 0 unspecified atom stereocenters. The number of hydrogen-bond acceptors (Lipinski definition) is 8. The van der Waals surface area contributed by atoms with E-state index in [4.69, 9.17) is 30.5 Å². The molecular formula is C32H32ClN7O3. The van der Waals surface area contributed by atoms with E-state index in [0.29, 0.717) is 28.0 Å². The van der Waals surface area contributed by atoms with E-state index in [0.717, 1.165) is 55.9 Å². The van der Waals surface area contributed by atoms with Crippen LogP contribution in [0.15, 0.2) is 65.1 Å². The molecule has 1 saturated heterocycles. The summed E-state index contributed by atoms with van der Waals surface area (Å²) in [6.07, 6.45) is 8.30. The number of aryl methyl sites for hydroxylation is 2. The Hall–Kier alpha value is -4.72. The van der Waals surface area contributed by atoms with Gasteiger partial charge in [-0.1, -0.05) is 17.7 Å². The zero-order chi connectivity index (χ0) is 30.3. The molecular weight excluding hydrogens is 566 g/mol. The fourth-order valence-electron chi connectivity index (χ4n) is 4.95. The second-order valence-electron chi connectivity index (χ2n) is 10.2. The lowest BCUT2D eigenvalue weighted by atomic mass is 10.1. The maximum Gasteiger partial charge on any atom is 0.232 e. The van der Waals surface area contributed by atoms with Crippen LogP contribution in [0.5, 0.6) is 5.75 Å². The minimum Gasteiger partial charge on any atom is -0.482 e. The summed E-state index contributed by atoms with van der Waals surface area (Å²) in [6.45, 7) is 9.84. The number of fused-ring (bicyclic) bond motifs is 1. The van der Waals surface area contributed by atoms with Crippen LogP contribution in [0.1, 0.15) is 48.1 Å².